The van der Waals surface area contributed by atoms with Gasteiger partial charge in [0.15, 0.2) is 0 Å². The van der Waals surface area contributed by atoms with Gasteiger partial charge in [-0.1, -0.05) is 0 Å². The molecule has 0 bridgehead atoms. The molecule has 9 heteroatoms. The second kappa shape index (κ2) is 5.81. The minimum absolute atomic E-state index is 0.109. The van der Waals surface area contributed by atoms with E-state index in [9.17, 15) is 19.1 Å². The van der Waals surface area contributed by atoms with E-state index in [0.717, 1.165) is 11.1 Å². The first kappa shape index (κ1) is 16.6. The summed E-state index contributed by atoms with van der Waals surface area (Å²) in [6, 6.07) is 2.40. The minimum atomic E-state index is -4.35. The number of fused-ring (bicyclic) bond motifs is 1. The third kappa shape index (κ3) is 3.53. The van der Waals surface area contributed by atoms with E-state index in [0.29, 0.717) is 11.0 Å². The van der Waals surface area contributed by atoms with Crippen molar-refractivity contribution in [1.82, 2.24) is 9.55 Å². The lowest BCUT2D eigenvalue weighted by Gasteiger charge is -2.12. The van der Waals surface area contributed by atoms with Crippen molar-refractivity contribution in [1.29, 1.82) is 0 Å². The molecule has 1 aromatic carbocycles. The van der Waals surface area contributed by atoms with Crippen LogP contribution < -0.4 is 5.73 Å². The molecule has 0 aliphatic carbocycles. The number of rotatable bonds is 5. The Hall–Kier alpha value is -1.73. The van der Waals surface area contributed by atoms with Gasteiger partial charge >= 0.3 is 13.6 Å². The third-order valence-corrected chi connectivity index (χ3v) is 4.14. The van der Waals surface area contributed by atoms with Crippen molar-refractivity contribution in [2.75, 3.05) is 0 Å². The average Bonchev–Trinajstić information content (AvgIpc) is 2.66. The Bertz CT molecular complexity index is 780. The molecule has 1 unspecified atom stereocenters. The van der Waals surface area contributed by atoms with Gasteiger partial charge in [-0.3, -0.25) is 9.36 Å². The van der Waals surface area contributed by atoms with Gasteiger partial charge in [0.25, 0.3) is 0 Å². The van der Waals surface area contributed by atoms with E-state index in [1.54, 1.807) is 12.1 Å². The van der Waals surface area contributed by atoms with Crippen molar-refractivity contribution in [3.8, 4) is 0 Å². The van der Waals surface area contributed by atoms with Gasteiger partial charge in [-0.25, -0.2) is 4.98 Å². The maximum atomic E-state index is 11.4. The molecule has 5 N–H and O–H groups in total. The van der Waals surface area contributed by atoms with Crippen LogP contribution in [0, 0.1) is 13.8 Å². The van der Waals surface area contributed by atoms with Gasteiger partial charge in [0.05, 0.1) is 11.0 Å². The molecule has 0 saturated heterocycles. The van der Waals surface area contributed by atoms with E-state index in [1.165, 1.54) is 4.57 Å². The second-order valence-corrected chi connectivity index (χ2v) is 6.95. The van der Waals surface area contributed by atoms with Crippen LogP contribution in [0.15, 0.2) is 12.1 Å². The number of imidazole rings is 1. The van der Waals surface area contributed by atoms with E-state index in [2.05, 4.69) is 4.98 Å². The van der Waals surface area contributed by atoms with Crippen LogP contribution >= 0.6 is 7.60 Å². The molecular weight excluding hydrogens is 309 g/mol. The van der Waals surface area contributed by atoms with Crippen molar-refractivity contribution >= 4 is 24.6 Å². The number of aromatic nitrogens is 2. The fourth-order valence-corrected chi connectivity index (χ4v) is 2.90. The Morgan fingerprint density at radius 1 is 1.36 bits per heavy atom. The summed E-state index contributed by atoms with van der Waals surface area (Å²) in [5.41, 5.74) is 8.57. The first-order valence-corrected chi connectivity index (χ1v) is 8.37. The zero-order valence-corrected chi connectivity index (χ0v) is 13.1. The fourth-order valence-electron chi connectivity index (χ4n) is 2.21. The third-order valence-electron chi connectivity index (χ3n) is 3.49. The zero-order valence-electron chi connectivity index (χ0n) is 12.2. The van der Waals surface area contributed by atoms with Crippen LogP contribution in [0.4, 0.5) is 0 Å². The van der Waals surface area contributed by atoms with Gasteiger partial charge in [0.2, 0.25) is 0 Å². The summed E-state index contributed by atoms with van der Waals surface area (Å²) in [4.78, 5) is 33.7. The van der Waals surface area contributed by atoms with Crippen molar-refractivity contribution in [2.24, 2.45) is 5.73 Å². The van der Waals surface area contributed by atoms with Crippen LogP contribution in [0.1, 0.15) is 17.0 Å². The molecule has 2 rings (SSSR count). The van der Waals surface area contributed by atoms with Crippen LogP contribution in [-0.2, 0) is 22.1 Å². The number of hydrogen-bond acceptors (Lipinski definition) is 4. The quantitative estimate of drug-likeness (QED) is 0.594. The summed E-state index contributed by atoms with van der Waals surface area (Å²) in [7, 11) is -4.35. The normalized spacial score (nSPS) is 13.5. The highest BCUT2D eigenvalue weighted by Gasteiger charge is 2.23. The highest BCUT2D eigenvalue weighted by atomic mass is 31.2. The average molecular weight is 327 g/mol. The number of carboxylic acids is 1. The number of benzene rings is 1. The fraction of sp³-hybridized carbons (Fsp3) is 0.385. The molecule has 0 radical (unpaired) electrons. The van der Waals surface area contributed by atoms with Crippen molar-refractivity contribution < 1.29 is 24.3 Å². The van der Waals surface area contributed by atoms with Gasteiger partial charge < -0.3 is 25.2 Å². The number of hydrogen-bond donors (Lipinski definition) is 4. The second-order valence-electron chi connectivity index (χ2n) is 5.34. The van der Waals surface area contributed by atoms with E-state index in [1.807, 2.05) is 13.8 Å². The Balaban J connectivity index is 2.60. The lowest BCUT2D eigenvalue weighted by molar-refractivity contribution is -0.138. The summed E-state index contributed by atoms with van der Waals surface area (Å²) in [6.07, 6.45) is -0.671. The van der Waals surface area contributed by atoms with E-state index < -0.39 is 25.9 Å². The summed E-state index contributed by atoms with van der Waals surface area (Å²) >= 11 is 0. The molecule has 120 valence electrons. The largest absolute Gasteiger partial charge is 0.480 e. The molecule has 0 saturated carbocycles. The monoisotopic (exact) mass is 327 g/mol. The molecular formula is C13H18N3O5P. The predicted molar refractivity (Wildman–Crippen MR) is 80.6 cm³/mol. The molecule has 0 fully saturated rings. The molecule has 1 heterocycles. The smallest absolute Gasteiger partial charge is 0.345 e. The summed E-state index contributed by atoms with van der Waals surface area (Å²) in [5, 5.41) is 8.91. The number of nitrogens with zero attached hydrogens (tertiary/aromatic N) is 2. The van der Waals surface area contributed by atoms with Gasteiger partial charge in [-0.05, 0) is 37.1 Å². The van der Waals surface area contributed by atoms with Gasteiger partial charge in [-0.2, -0.15) is 0 Å². The number of nitrogens with two attached hydrogens (primary N) is 1. The van der Waals surface area contributed by atoms with Crippen molar-refractivity contribution in [3.05, 3.63) is 29.1 Å². The predicted octanol–water partition coefficient (Wildman–Crippen LogP) is 0.743. The Morgan fingerprint density at radius 2 is 1.95 bits per heavy atom. The van der Waals surface area contributed by atoms with Crippen molar-refractivity contribution in [2.45, 2.75) is 32.6 Å². The van der Waals surface area contributed by atoms with Gasteiger partial charge in [0.1, 0.15) is 18.2 Å². The molecule has 1 atom stereocenters. The highest BCUT2D eigenvalue weighted by Crippen LogP contribution is 2.38. The molecule has 0 aliphatic heterocycles. The number of carboxylic acid groups (broad SMARTS) is 1. The summed E-state index contributed by atoms with van der Waals surface area (Å²) in [6.45, 7) is 3.78. The Morgan fingerprint density at radius 3 is 2.50 bits per heavy atom. The topological polar surface area (TPSA) is 139 Å². The number of aliphatic carboxylic acids is 1. The first-order valence-electron chi connectivity index (χ1n) is 6.58. The molecule has 1 aromatic heterocycles. The maximum Gasteiger partial charge on any atom is 0.345 e. The summed E-state index contributed by atoms with van der Waals surface area (Å²) in [5.74, 6) is -0.944. The zero-order chi connectivity index (χ0) is 16.7. The molecule has 2 aromatic rings. The van der Waals surface area contributed by atoms with Crippen LogP contribution in [-0.4, -0.2) is 36.5 Å². The van der Waals surface area contributed by atoms with Crippen LogP contribution in [0.2, 0.25) is 0 Å². The molecule has 0 amide bonds. The minimum Gasteiger partial charge on any atom is -0.480 e. The Labute approximate surface area is 126 Å². The van der Waals surface area contributed by atoms with Crippen LogP contribution in [0.3, 0.4) is 0 Å². The lowest BCUT2D eigenvalue weighted by atomic mass is 10.1. The molecule has 8 nitrogen and oxygen atoms in total. The van der Waals surface area contributed by atoms with Crippen LogP contribution in [0.5, 0.6) is 0 Å². The molecule has 22 heavy (non-hydrogen) atoms. The van der Waals surface area contributed by atoms with E-state index in [-0.39, 0.29) is 12.2 Å². The van der Waals surface area contributed by atoms with Gasteiger partial charge in [-0.15, -0.1) is 0 Å². The first-order chi connectivity index (χ1) is 10.1. The number of carbonyl (C=O) groups is 1. The molecule has 0 aliphatic rings. The standard InChI is InChI=1S/C13H18N3O5P/c1-7-3-10-11(4-8(7)2)16(6-22(19,20)21)12(15-10)5-9(14)13(17)18/h3-4,9H,5-6,14H2,1-2H3,(H,17,18)(H2,19,20,21). The van der Waals surface area contributed by atoms with Gasteiger partial charge in [0, 0.05) is 6.42 Å². The highest BCUT2D eigenvalue weighted by molar-refractivity contribution is 7.50. The van der Waals surface area contributed by atoms with Crippen molar-refractivity contribution in [3.63, 3.8) is 0 Å². The SMILES string of the molecule is Cc1cc2nc(CC(N)C(=O)O)n(CP(=O)(O)O)c2cc1C. The van der Waals surface area contributed by atoms with E-state index in [4.69, 9.17) is 10.8 Å². The molecule has 0 spiro atoms. The van der Waals surface area contributed by atoms with Crippen LogP contribution in [0.25, 0.3) is 11.0 Å². The summed E-state index contributed by atoms with van der Waals surface area (Å²) < 4.78 is 12.7. The van der Waals surface area contributed by atoms with E-state index >= 15 is 0 Å². The number of aryl methyl sites for hydroxylation is 2. The Kier molecular flexibility index (Phi) is 4.39. The maximum absolute atomic E-state index is 11.4. The lowest BCUT2D eigenvalue weighted by Crippen LogP contribution is -2.33.